The second kappa shape index (κ2) is 12.9. The first-order valence-electron chi connectivity index (χ1n) is 11.3. The third-order valence-electron chi connectivity index (χ3n) is 5.24. The van der Waals surface area contributed by atoms with Gasteiger partial charge in [-0.1, -0.05) is 18.2 Å². The summed E-state index contributed by atoms with van der Waals surface area (Å²) in [5, 5.41) is 34.8. The van der Waals surface area contributed by atoms with E-state index >= 15 is 0 Å². The summed E-state index contributed by atoms with van der Waals surface area (Å²) in [5.74, 6) is 0. The van der Waals surface area contributed by atoms with E-state index in [1.165, 1.54) is 6.08 Å². The third-order valence-corrected chi connectivity index (χ3v) is 5.24. The van der Waals surface area contributed by atoms with Gasteiger partial charge in [-0.25, -0.2) is 0 Å². The summed E-state index contributed by atoms with van der Waals surface area (Å²) in [4.78, 5) is 2.11. The molecular formula is C25H28F3N5O2. The Kier molecular flexibility index (Phi) is 9.68. The van der Waals surface area contributed by atoms with Crippen LogP contribution in [0.15, 0.2) is 92.8 Å². The standard InChI is InChI=1S/C25H28F3N5O2/c26-25(27,28)19-3-5-20(6-4-19)29-30-21-7-9-22(10-8-21)31-32-23-11-13-24(14-12-23)33(15-1-17-34)16-2-18-35/h3-5,7-14,20,34-35H,1-2,6,15-18H2. The highest BCUT2D eigenvalue weighted by Crippen LogP contribution is 2.30. The molecule has 1 atom stereocenters. The van der Waals surface area contributed by atoms with Gasteiger partial charge in [0.2, 0.25) is 0 Å². The van der Waals surface area contributed by atoms with Crippen molar-refractivity contribution in [2.24, 2.45) is 20.5 Å². The van der Waals surface area contributed by atoms with Crippen LogP contribution in [0.5, 0.6) is 0 Å². The minimum atomic E-state index is -4.34. The molecule has 1 aliphatic rings. The molecule has 0 fully saturated rings. The van der Waals surface area contributed by atoms with Crippen LogP contribution in [0, 0.1) is 0 Å². The second-order valence-corrected chi connectivity index (χ2v) is 7.91. The Morgan fingerprint density at radius 2 is 1.31 bits per heavy atom. The summed E-state index contributed by atoms with van der Waals surface area (Å²) in [6.07, 6.45) is 0.670. The zero-order valence-corrected chi connectivity index (χ0v) is 19.1. The third kappa shape index (κ3) is 8.41. The van der Waals surface area contributed by atoms with Gasteiger partial charge < -0.3 is 15.1 Å². The largest absolute Gasteiger partial charge is 0.416 e. The number of alkyl halides is 3. The molecule has 7 nitrogen and oxygen atoms in total. The normalized spacial score (nSPS) is 16.3. The molecular weight excluding hydrogens is 459 g/mol. The van der Waals surface area contributed by atoms with Gasteiger partial charge in [-0.15, -0.1) is 0 Å². The van der Waals surface area contributed by atoms with Gasteiger partial charge in [-0.2, -0.15) is 33.6 Å². The Labute approximate surface area is 202 Å². The molecule has 2 N–H and O–H groups in total. The second-order valence-electron chi connectivity index (χ2n) is 7.91. The minimum absolute atomic E-state index is 0.111. The van der Waals surface area contributed by atoms with Crippen molar-refractivity contribution in [2.75, 3.05) is 31.2 Å². The fourth-order valence-corrected chi connectivity index (χ4v) is 3.37. The van der Waals surface area contributed by atoms with E-state index in [2.05, 4.69) is 25.4 Å². The van der Waals surface area contributed by atoms with E-state index in [0.29, 0.717) is 43.0 Å². The Balaban J connectivity index is 1.55. The SMILES string of the molecule is OCCCN(CCCO)c1ccc(N=Nc2ccc(N=NC3C=CC(C(F)(F)F)=CC3)cc2)cc1. The van der Waals surface area contributed by atoms with E-state index in [1.54, 1.807) is 24.3 Å². The molecule has 2 aromatic rings. The van der Waals surface area contributed by atoms with Crippen molar-refractivity contribution >= 4 is 22.7 Å². The average molecular weight is 488 g/mol. The number of allylic oxidation sites excluding steroid dienone is 2. The minimum Gasteiger partial charge on any atom is -0.396 e. The monoisotopic (exact) mass is 487 g/mol. The number of halogens is 3. The molecule has 1 aliphatic carbocycles. The summed E-state index contributed by atoms with van der Waals surface area (Å²) >= 11 is 0. The van der Waals surface area contributed by atoms with Crippen molar-refractivity contribution < 1.29 is 23.4 Å². The van der Waals surface area contributed by atoms with Crippen molar-refractivity contribution in [3.05, 3.63) is 72.3 Å². The van der Waals surface area contributed by atoms with E-state index in [4.69, 9.17) is 10.2 Å². The molecule has 10 heteroatoms. The molecule has 0 bridgehead atoms. The molecule has 3 rings (SSSR count). The van der Waals surface area contributed by atoms with Crippen LogP contribution in [0.25, 0.3) is 0 Å². The smallest absolute Gasteiger partial charge is 0.396 e. The molecule has 0 saturated heterocycles. The van der Waals surface area contributed by atoms with Crippen LogP contribution in [-0.4, -0.2) is 48.7 Å². The van der Waals surface area contributed by atoms with Crippen LogP contribution in [0.4, 0.5) is 35.9 Å². The van der Waals surface area contributed by atoms with E-state index in [9.17, 15) is 13.2 Å². The topological polar surface area (TPSA) is 93.1 Å². The van der Waals surface area contributed by atoms with E-state index in [-0.39, 0.29) is 19.6 Å². The number of azo groups is 2. The zero-order chi connectivity index (χ0) is 25.1. The molecule has 0 aliphatic heterocycles. The van der Waals surface area contributed by atoms with Crippen LogP contribution >= 0.6 is 0 Å². The first-order chi connectivity index (χ1) is 16.9. The van der Waals surface area contributed by atoms with Crippen molar-refractivity contribution in [1.29, 1.82) is 0 Å². The van der Waals surface area contributed by atoms with Gasteiger partial charge in [0.25, 0.3) is 0 Å². The fourth-order valence-electron chi connectivity index (χ4n) is 3.37. The maximum atomic E-state index is 12.7. The number of aliphatic hydroxyl groups is 2. The van der Waals surface area contributed by atoms with Crippen molar-refractivity contribution in [3.8, 4) is 0 Å². The number of hydrogen-bond acceptors (Lipinski definition) is 7. The zero-order valence-electron chi connectivity index (χ0n) is 19.1. The summed E-state index contributed by atoms with van der Waals surface area (Å²) in [5.41, 5.74) is 2.19. The first kappa shape index (κ1) is 26.2. The summed E-state index contributed by atoms with van der Waals surface area (Å²) < 4.78 is 38.0. The van der Waals surface area contributed by atoms with Crippen LogP contribution in [-0.2, 0) is 0 Å². The summed E-state index contributed by atoms with van der Waals surface area (Å²) in [6.45, 7) is 1.62. The molecule has 0 radical (unpaired) electrons. The maximum Gasteiger partial charge on any atom is 0.416 e. The average Bonchev–Trinajstić information content (AvgIpc) is 2.87. The van der Waals surface area contributed by atoms with Gasteiger partial charge in [0.05, 0.1) is 28.7 Å². The maximum absolute atomic E-state index is 12.7. The molecule has 35 heavy (non-hydrogen) atoms. The number of aliphatic hydroxyl groups excluding tert-OH is 2. The number of rotatable bonds is 11. The van der Waals surface area contributed by atoms with E-state index in [0.717, 1.165) is 17.8 Å². The first-order valence-corrected chi connectivity index (χ1v) is 11.3. The molecule has 0 amide bonds. The van der Waals surface area contributed by atoms with Crippen LogP contribution in [0.1, 0.15) is 19.3 Å². The Bertz CT molecular complexity index is 1040. The van der Waals surface area contributed by atoms with Crippen molar-refractivity contribution in [2.45, 2.75) is 31.5 Å². The number of benzene rings is 2. The van der Waals surface area contributed by atoms with Gasteiger partial charge in [-0.3, -0.25) is 0 Å². The van der Waals surface area contributed by atoms with Crippen LogP contribution in [0.3, 0.4) is 0 Å². The molecule has 2 aromatic carbocycles. The molecule has 0 spiro atoms. The molecule has 1 unspecified atom stereocenters. The highest BCUT2D eigenvalue weighted by Gasteiger charge is 2.32. The molecule has 0 saturated carbocycles. The van der Waals surface area contributed by atoms with Gasteiger partial charge >= 0.3 is 6.18 Å². The quantitative estimate of drug-likeness (QED) is 0.351. The van der Waals surface area contributed by atoms with Gasteiger partial charge in [-0.05, 0) is 67.8 Å². The molecule has 0 heterocycles. The molecule has 0 aromatic heterocycles. The lowest BCUT2D eigenvalue weighted by Crippen LogP contribution is -2.26. The van der Waals surface area contributed by atoms with Gasteiger partial charge in [0, 0.05) is 32.0 Å². The number of hydrogen-bond donors (Lipinski definition) is 2. The number of nitrogens with zero attached hydrogens (tertiary/aromatic N) is 5. The van der Waals surface area contributed by atoms with E-state index in [1.807, 2.05) is 24.3 Å². The van der Waals surface area contributed by atoms with Crippen molar-refractivity contribution in [3.63, 3.8) is 0 Å². The van der Waals surface area contributed by atoms with Gasteiger partial charge in [0.15, 0.2) is 0 Å². The lowest BCUT2D eigenvalue weighted by molar-refractivity contribution is -0.0886. The fraction of sp³-hybridized carbons (Fsp3) is 0.360. The lowest BCUT2D eigenvalue weighted by atomic mass is 10.0. The Morgan fingerprint density at radius 1 is 0.800 bits per heavy atom. The Hall–Kier alpha value is -3.37. The summed E-state index contributed by atoms with van der Waals surface area (Å²) in [6, 6.07) is 14.0. The molecule has 186 valence electrons. The van der Waals surface area contributed by atoms with Crippen molar-refractivity contribution in [1.82, 2.24) is 0 Å². The lowest BCUT2D eigenvalue weighted by Gasteiger charge is -2.24. The highest BCUT2D eigenvalue weighted by atomic mass is 19.4. The predicted molar refractivity (Wildman–Crippen MR) is 129 cm³/mol. The summed E-state index contributed by atoms with van der Waals surface area (Å²) in [7, 11) is 0. The van der Waals surface area contributed by atoms with Crippen LogP contribution < -0.4 is 4.90 Å². The van der Waals surface area contributed by atoms with Gasteiger partial charge in [0.1, 0.15) is 0 Å². The van der Waals surface area contributed by atoms with Crippen LogP contribution in [0.2, 0.25) is 0 Å². The predicted octanol–water partition coefficient (Wildman–Crippen LogP) is 6.57. The van der Waals surface area contributed by atoms with E-state index < -0.39 is 17.8 Å². The highest BCUT2D eigenvalue weighted by molar-refractivity contribution is 5.53. The number of anilines is 1. The Morgan fingerprint density at radius 3 is 1.77 bits per heavy atom.